The smallest absolute Gasteiger partial charge is 0.695 e. The SMILES string of the molecule is COc1ccc(C(OC[C@H]2O[C@@H](n3cnc4c([O-])nc(N)nc43)[C@H](O)[C@@H]2O[P+](=O)O)(c2ccccc2)c2ccc(OC)cc2)cc1. The molecule has 4 N–H and O–H groups in total. The van der Waals surface area contributed by atoms with Crippen LogP contribution in [0.15, 0.2) is 85.2 Å². The number of methoxy groups -OCH3 is 2. The van der Waals surface area contributed by atoms with Gasteiger partial charge in [0.2, 0.25) is 5.95 Å². The Kier molecular flexibility index (Phi) is 8.82. The normalized spacial score (nSPS) is 20.1. The molecular formula is C31H30N5O9P. The molecule has 5 atom stereocenters. The maximum atomic E-state index is 12.3. The van der Waals surface area contributed by atoms with Crippen LogP contribution in [0.3, 0.4) is 0 Å². The molecule has 15 heteroatoms. The number of benzene rings is 3. The van der Waals surface area contributed by atoms with Crippen LogP contribution in [0.25, 0.3) is 11.2 Å². The number of anilines is 1. The minimum atomic E-state index is -3.16. The van der Waals surface area contributed by atoms with E-state index in [2.05, 4.69) is 15.0 Å². The second-order valence-electron chi connectivity index (χ2n) is 10.4. The predicted octanol–water partition coefficient (Wildman–Crippen LogP) is 2.80. The highest BCUT2D eigenvalue weighted by atomic mass is 31.1. The van der Waals surface area contributed by atoms with Crippen LogP contribution in [-0.4, -0.2) is 68.7 Å². The molecule has 0 saturated carbocycles. The summed E-state index contributed by atoms with van der Waals surface area (Å²) in [5.74, 6) is 0.295. The molecular weight excluding hydrogens is 617 g/mol. The van der Waals surface area contributed by atoms with Crippen molar-refractivity contribution in [3.8, 4) is 17.4 Å². The molecule has 14 nitrogen and oxygen atoms in total. The number of ether oxygens (including phenoxy) is 4. The van der Waals surface area contributed by atoms with Crippen molar-refractivity contribution in [3.63, 3.8) is 0 Å². The van der Waals surface area contributed by atoms with E-state index in [1.165, 1.54) is 10.9 Å². The van der Waals surface area contributed by atoms with Crippen molar-refractivity contribution in [2.45, 2.75) is 30.1 Å². The Morgan fingerprint density at radius 3 is 2.11 bits per heavy atom. The van der Waals surface area contributed by atoms with Crippen molar-refractivity contribution in [3.05, 3.63) is 102 Å². The number of hydrogen-bond acceptors (Lipinski definition) is 12. The van der Waals surface area contributed by atoms with Crippen molar-refractivity contribution < 1.29 is 43.1 Å². The molecule has 1 fully saturated rings. The standard InChI is InChI=1S/C31H30N5O9P/c1-41-21-12-8-19(9-13-21)31(18-6-4-3-5-7-18,20-10-14-22(42-2)15-11-20)43-16-23-26(45-46(39)40)25(37)29(44-23)36-17-33-24-27(36)34-30(32)35-28(24)38/h3-15,17,23,25-26,29,37H,16H2,1-2H3,(H3-,32,34,35,38,39,40)/t23-,25-,26-,29-/m1/s1. The summed E-state index contributed by atoms with van der Waals surface area (Å²) in [5, 5.41) is 23.7. The van der Waals surface area contributed by atoms with Gasteiger partial charge in [0.05, 0.1) is 27.2 Å². The molecule has 3 heterocycles. The summed E-state index contributed by atoms with van der Waals surface area (Å²) >= 11 is 0. The van der Waals surface area contributed by atoms with Gasteiger partial charge in [-0.2, -0.15) is 4.98 Å². The fourth-order valence-electron chi connectivity index (χ4n) is 5.69. The van der Waals surface area contributed by atoms with Gasteiger partial charge in [0, 0.05) is 10.4 Å². The van der Waals surface area contributed by atoms with Crippen LogP contribution in [0, 0.1) is 0 Å². The van der Waals surface area contributed by atoms with E-state index < -0.39 is 44.3 Å². The molecule has 0 amide bonds. The molecule has 46 heavy (non-hydrogen) atoms. The molecule has 1 saturated heterocycles. The number of fused-ring (bicyclic) bond motifs is 1. The van der Waals surface area contributed by atoms with E-state index in [4.69, 9.17) is 29.2 Å². The lowest BCUT2D eigenvalue weighted by Gasteiger charge is -2.37. The van der Waals surface area contributed by atoms with E-state index in [0.29, 0.717) is 11.5 Å². The average molecular weight is 648 g/mol. The number of rotatable bonds is 11. The second-order valence-corrected chi connectivity index (χ2v) is 11.1. The van der Waals surface area contributed by atoms with Crippen molar-refractivity contribution in [1.29, 1.82) is 0 Å². The first-order chi connectivity index (χ1) is 22.2. The van der Waals surface area contributed by atoms with Gasteiger partial charge in [0.1, 0.15) is 34.8 Å². The largest absolute Gasteiger partial charge is 0.857 e. The van der Waals surface area contributed by atoms with E-state index in [9.17, 15) is 19.7 Å². The molecule has 1 aliphatic rings. The topological polar surface area (TPSA) is 196 Å². The van der Waals surface area contributed by atoms with E-state index >= 15 is 0 Å². The van der Waals surface area contributed by atoms with Crippen LogP contribution in [0.4, 0.5) is 5.95 Å². The summed E-state index contributed by atoms with van der Waals surface area (Å²) in [6, 6.07) is 24.3. The zero-order valence-electron chi connectivity index (χ0n) is 24.7. The molecule has 0 aliphatic carbocycles. The Bertz CT molecular complexity index is 1780. The van der Waals surface area contributed by atoms with Crippen LogP contribution >= 0.6 is 8.25 Å². The molecule has 2 aromatic heterocycles. The fourth-order valence-corrected chi connectivity index (χ4v) is 6.16. The van der Waals surface area contributed by atoms with Gasteiger partial charge in [-0.1, -0.05) is 54.6 Å². The third-order valence-corrected chi connectivity index (χ3v) is 8.26. The fraction of sp³-hybridized carbons (Fsp3) is 0.258. The lowest BCUT2D eigenvalue weighted by atomic mass is 9.80. The van der Waals surface area contributed by atoms with Gasteiger partial charge in [0.15, 0.2) is 18.0 Å². The van der Waals surface area contributed by atoms with E-state index in [1.807, 2.05) is 78.9 Å². The van der Waals surface area contributed by atoms with Crippen molar-refractivity contribution in [2.24, 2.45) is 0 Å². The Balaban J connectivity index is 1.43. The van der Waals surface area contributed by atoms with E-state index in [0.717, 1.165) is 16.7 Å². The highest BCUT2D eigenvalue weighted by Gasteiger charge is 2.52. The molecule has 0 radical (unpaired) electrons. The monoisotopic (exact) mass is 647 g/mol. The molecule has 0 bridgehead atoms. The summed E-state index contributed by atoms with van der Waals surface area (Å²) in [4.78, 5) is 21.5. The van der Waals surface area contributed by atoms with Crippen molar-refractivity contribution >= 4 is 25.4 Å². The average Bonchev–Trinajstić information content (AvgIpc) is 3.62. The molecule has 0 spiro atoms. The van der Waals surface area contributed by atoms with Gasteiger partial charge in [-0.05, 0) is 41.0 Å². The number of aliphatic hydroxyl groups excluding tert-OH is 1. The van der Waals surface area contributed by atoms with E-state index in [1.54, 1.807) is 14.2 Å². The van der Waals surface area contributed by atoms with Crippen LogP contribution < -0.4 is 20.3 Å². The minimum Gasteiger partial charge on any atom is -0.857 e. The lowest BCUT2D eigenvalue weighted by Crippen LogP contribution is -2.40. The predicted molar refractivity (Wildman–Crippen MR) is 162 cm³/mol. The molecule has 5 aromatic rings. The Morgan fingerprint density at radius 1 is 0.957 bits per heavy atom. The maximum Gasteiger partial charge on any atom is 0.695 e. The van der Waals surface area contributed by atoms with Crippen LogP contribution in [0.2, 0.25) is 0 Å². The van der Waals surface area contributed by atoms with Gasteiger partial charge in [-0.15, -0.1) is 9.42 Å². The molecule has 1 unspecified atom stereocenters. The highest BCUT2D eigenvalue weighted by molar-refractivity contribution is 7.32. The van der Waals surface area contributed by atoms with E-state index in [-0.39, 0.29) is 23.7 Å². The summed E-state index contributed by atoms with van der Waals surface area (Å²) in [7, 11) is -0.00998. The number of nitrogen functional groups attached to an aromatic ring is 1. The number of nitrogens with zero attached hydrogens (tertiary/aromatic N) is 4. The van der Waals surface area contributed by atoms with Gasteiger partial charge in [0.25, 0.3) is 0 Å². The number of aromatic nitrogens is 4. The van der Waals surface area contributed by atoms with Gasteiger partial charge in [-0.25, -0.2) is 9.97 Å². The lowest BCUT2D eigenvalue weighted by molar-refractivity contribution is -0.272. The number of imidazole rings is 1. The van der Waals surface area contributed by atoms with Crippen molar-refractivity contribution in [1.82, 2.24) is 19.5 Å². The van der Waals surface area contributed by atoms with Crippen LogP contribution in [-0.2, 0) is 24.2 Å². The maximum absolute atomic E-state index is 12.3. The summed E-state index contributed by atoms with van der Waals surface area (Å²) < 4.78 is 42.4. The Hall–Kier alpha value is -4.69. The second kappa shape index (κ2) is 13.0. The third kappa shape index (κ3) is 5.73. The summed E-state index contributed by atoms with van der Waals surface area (Å²) in [5.41, 5.74) is 6.63. The first-order valence-corrected chi connectivity index (χ1v) is 15.2. The van der Waals surface area contributed by atoms with Gasteiger partial charge >= 0.3 is 8.25 Å². The molecule has 1 aliphatic heterocycles. The third-order valence-electron chi connectivity index (χ3n) is 7.84. The molecule has 3 aromatic carbocycles. The van der Waals surface area contributed by atoms with Crippen molar-refractivity contribution in [2.75, 3.05) is 26.6 Å². The Morgan fingerprint density at radius 2 is 1.54 bits per heavy atom. The zero-order valence-corrected chi connectivity index (χ0v) is 25.6. The number of nitrogens with two attached hydrogens (primary N) is 1. The molecule has 238 valence electrons. The van der Waals surface area contributed by atoms with Crippen LogP contribution in [0.1, 0.15) is 22.9 Å². The zero-order chi connectivity index (χ0) is 32.4. The highest BCUT2D eigenvalue weighted by Crippen LogP contribution is 2.44. The summed E-state index contributed by atoms with van der Waals surface area (Å²) in [6.07, 6.45) is -3.91. The molecule has 6 rings (SSSR count). The first kappa shape index (κ1) is 31.3. The summed E-state index contributed by atoms with van der Waals surface area (Å²) in [6.45, 7) is -0.231. The minimum absolute atomic E-state index is 0.0188. The van der Waals surface area contributed by atoms with Crippen LogP contribution in [0.5, 0.6) is 17.4 Å². The quantitative estimate of drug-likeness (QED) is 0.140. The van der Waals surface area contributed by atoms with Gasteiger partial charge in [-0.3, -0.25) is 4.57 Å². The van der Waals surface area contributed by atoms with Gasteiger partial charge < -0.3 is 34.9 Å². The number of hydrogen-bond donors (Lipinski definition) is 3. The number of aliphatic hydroxyl groups is 1. The first-order valence-electron chi connectivity index (χ1n) is 14.1. The Labute approximate surface area is 263 Å².